The van der Waals surface area contributed by atoms with Gasteiger partial charge in [0.2, 0.25) is 15.9 Å². The van der Waals surface area contributed by atoms with Crippen LogP contribution in [0.3, 0.4) is 0 Å². The second kappa shape index (κ2) is 9.57. The summed E-state index contributed by atoms with van der Waals surface area (Å²) in [6, 6.07) is 11.4. The molecule has 162 valence electrons. The number of nitrogens with zero attached hydrogens (tertiary/aromatic N) is 3. The van der Waals surface area contributed by atoms with Crippen molar-refractivity contribution in [1.82, 2.24) is 4.90 Å². The molecule has 30 heavy (non-hydrogen) atoms. The third kappa shape index (κ3) is 5.47. The Morgan fingerprint density at radius 1 is 1.20 bits per heavy atom. The molecule has 0 unspecified atom stereocenters. The first-order valence-corrected chi connectivity index (χ1v) is 11.0. The van der Waals surface area contributed by atoms with Crippen LogP contribution in [0.4, 0.5) is 11.4 Å². The number of sulfonamides is 1. The zero-order valence-electron chi connectivity index (χ0n) is 17.3. The topological polar surface area (TPSA) is 110 Å². The Bertz CT molecular complexity index is 1010. The number of non-ortho nitro benzene ring substituents is 1. The standard InChI is InChI=1S/C20H25N3O6S/c1-5-19(20(24)21(2)14-15-9-11-18(29-3)12-10-15)22(30(4,27)28)16-7-6-8-17(13-16)23(25)26/h6-13,19H,5,14H2,1-4H3/t19-/m0/s1. The lowest BCUT2D eigenvalue weighted by atomic mass is 10.1. The molecular formula is C20H25N3O6S. The second-order valence-electron chi connectivity index (χ2n) is 6.80. The summed E-state index contributed by atoms with van der Waals surface area (Å²) in [5, 5.41) is 11.1. The second-order valence-corrected chi connectivity index (χ2v) is 8.66. The lowest BCUT2D eigenvalue weighted by molar-refractivity contribution is -0.384. The minimum Gasteiger partial charge on any atom is -0.497 e. The molecule has 10 heteroatoms. The smallest absolute Gasteiger partial charge is 0.271 e. The minimum absolute atomic E-state index is 0.0738. The van der Waals surface area contributed by atoms with Gasteiger partial charge in [-0.25, -0.2) is 8.42 Å². The molecule has 2 aromatic carbocycles. The van der Waals surface area contributed by atoms with Crippen LogP contribution in [0.25, 0.3) is 0 Å². The number of anilines is 1. The fourth-order valence-electron chi connectivity index (χ4n) is 3.12. The van der Waals surface area contributed by atoms with Gasteiger partial charge in [0, 0.05) is 25.7 Å². The molecule has 0 aromatic heterocycles. The number of nitro benzene ring substituents is 1. The van der Waals surface area contributed by atoms with E-state index in [-0.39, 0.29) is 24.3 Å². The van der Waals surface area contributed by atoms with Crippen molar-refractivity contribution < 1.29 is 22.9 Å². The number of amides is 1. The van der Waals surface area contributed by atoms with Crippen molar-refractivity contribution in [2.45, 2.75) is 25.9 Å². The van der Waals surface area contributed by atoms with Crippen LogP contribution in [0, 0.1) is 10.1 Å². The number of benzene rings is 2. The van der Waals surface area contributed by atoms with Crippen LogP contribution in [0.15, 0.2) is 48.5 Å². The predicted octanol–water partition coefficient (Wildman–Crippen LogP) is 2.81. The zero-order valence-corrected chi connectivity index (χ0v) is 18.1. The summed E-state index contributed by atoms with van der Waals surface area (Å²) < 4.78 is 31.2. The normalized spacial score (nSPS) is 12.1. The van der Waals surface area contributed by atoms with E-state index in [2.05, 4.69) is 0 Å². The first-order valence-electron chi connectivity index (χ1n) is 9.20. The van der Waals surface area contributed by atoms with Crippen molar-refractivity contribution in [2.75, 3.05) is 24.7 Å². The number of carbonyl (C=O) groups excluding carboxylic acids is 1. The minimum atomic E-state index is -3.89. The molecule has 0 aliphatic rings. The largest absolute Gasteiger partial charge is 0.497 e. The van der Waals surface area contributed by atoms with Crippen LogP contribution in [0.5, 0.6) is 5.75 Å². The van der Waals surface area contributed by atoms with Gasteiger partial charge in [0.15, 0.2) is 0 Å². The molecule has 0 aliphatic carbocycles. The van der Waals surface area contributed by atoms with Crippen molar-refractivity contribution in [1.29, 1.82) is 0 Å². The molecule has 0 N–H and O–H groups in total. The Morgan fingerprint density at radius 2 is 1.83 bits per heavy atom. The van der Waals surface area contributed by atoms with Crippen molar-refractivity contribution in [3.8, 4) is 5.75 Å². The van der Waals surface area contributed by atoms with Gasteiger partial charge in [0.1, 0.15) is 11.8 Å². The van der Waals surface area contributed by atoms with E-state index in [1.807, 2.05) is 12.1 Å². The van der Waals surface area contributed by atoms with E-state index in [4.69, 9.17) is 4.74 Å². The summed E-state index contributed by atoms with van der Waals surface area (Å²) in [4.78, 5) is 25.1. The highest BCUT2D eigenvalue weighted by Gasteiger charge is 2.34. The van der Waals surface area contributed by atoms with Gasteiger partial charge in [-0.2, -0.15) is 0 Å². The van der Waals surface area contributed by atoms with Crippen LogP contribution in [0.1, 0.15) is 18.9 Å². The SMILES string of the molecule is CC[C@@H](C(=O)N(C)Cc1ccc(OC)cc1)N(c1cccc([N+](=O)[O-])c1)S(C)(=O)=O. The molecule has 0 aliphatic heterocycles. The summed E-state index contributed by atoms with van der Waals surface area (Å²) in [5.41, 5.74) is 0.669. The quantitative estimate of drug-likeness (QED) is 0.442. The number of carbonyl (C=O) groups is 1. The van der Waals surface area contributed by atoms with Crippen molar-refractivity contribution in [2.24, 2.45) is 0 Å². The van der Waals surface area contributed by atoms with Crippen LogP contribution in [-0.4, -0.2) is 50.6 Å². The van der Waals surface area contributed by atoms with Crippen LogP contribution < -0.4 is 9.04 Å². The molecule has 0 fully saturated rings. The molecule has 0 spiro atoms. The first-order chi connectivity index (χ1) is 14.1. The van der Waals surface area contributed by atoms with Crippen LogP contribution >= 0.6 is 0 Å². The molecule has 1 amide bonds. The molecule has 9 nitrogen and oxygen atoms in total. The fraction of sp³-hybridized carbons (Fsp3) is 0.350. The highest BCUT2D eigenvalue weighted by atomic mass is 32.2. The maximum atomic E-state index is 13.1. The third-order valence-electron chi connectivity index (χ3n) is 4.56. The lowest BCUT2D eigenvalue weighted by Crippen LogP contribution is -2.49. The van der Waals surface area contributed by atoms with Crippen molar-refractivity contribution in [3.63, 3.8) is 0 Å². The fourth-order valence-corrected chi connectivity index (χ4v) is 4.32. The van der Waals surface area contributed by atoms with Gasteiger partial charge < -0.3 is 9.64 Å². The molecule has 0 saturated carbocycles. The maximum Gasteiger partial charge on any atom is 0.271 e. The highest BCUT2D eigenvalue weighted by Crippen LogP contribution is 2.27. The molecule has 0 saturated heterocycles. The average Bonchev–Trinajstić information content (AvgIpc) is 2.71. The molecule has 0 bridgehead atoms. The summed E-state index contributed by atoms with van der Waals surface area (Å²) >= 11 is 0. The number of hydrogen-bond donors (Lipinski definition) is 0. The van der Waals surface area contributed by atoms with E-state index in [0.29, 0.717) is 5.75 Å². The summed E-state index contributed by atoms with van der Waals surface area (Å²) in [6.07, 6.45) is 1.17. The molecule has 2 rings (SSSR count). The van der Waals surface area contributed by atoms with E-state index in [1.165, 1.54) is 23.1 Å². The number of rotatable bonds is 9. The van der Waals surface area contributed by atoms with Gasteiger partial charge in [0.05, 0.1) is 24.0 Å². The Hall–Kier alpha value is -3.14. The number of nitro groups is 1. The number of methoxy groups -OCH3 is 1. The van der Waals surface area contributed by atoms with Gasteiger partial charge in [-0.3, -0.25) is 19.2 Å². The predicted molar refractivity (Wildman–Crippen MR) is 114 cm³/mol. The van der Waals surface area contributed by atoms with E-state index in [9.17, 15) is 23.3 Å². The zero-order chi connectivity index (χ0) is 22.5. The molecule has 2 aromatic rings. The summed E-state index contributed by atoms with van der Waals surface area (Å²) in [6.45, 7) is 1.96. The molecular weight excluding hydrogens is 410 g/mol. The molecule has 0 heterocycles. The monoisotopic (exact) mass is 435 g/mol. The van der Waals surface area contributed by atoms with Gasteiger partial charge >= 0.3 is 0 Å². The Morgan fingerprint density at radius 3 is 2.33 bits per heavy atom. The van der Waals surface area contributed by atoms with Gasteiger partial charge in [-0.1, -0.05) is 25.1 Å². The number of hydrogen-bond acceptors (Lipinski definition) is 6. The van der Waals surface area contributed by atoms with Crippen molar-refractivity contribution >= 4 is 27.3 Å². The Labute approximate surface area is 176 Å². The van der Waals surface area contributed by atoms with Crippen LogP contribution in [-0.2, 0) is 21.4 Å². The highest BCUT2D eigenvalue weighted by molar-refractivity contribution is 7.92. The average molecular weight is 436 g/mol. The summed E-state index contributed by atoms with van der Waals surface area (Å²) in [5.74, 6) is 0.276. The first kappa shape index (κ1) is 23.1. The maximum absolute atomic E-state index is 13.1. The van der Waals surface area contributed by atoms with E-state index < -0.39 is 26.9 Å². The number of ether oxygens (including phenoxy) is 1. The van der Waals surface area contributed by atoms with E-state index in [0.717, 1.165) is 22.2 Å². The third-order valence-corrected chi connectivity index (χ3v) is 5.74. The van der Waals surface area contributed by atoms with Crippen LogP contribution in [0.2, 0.25) is 0 Å². The van der Waals surface area contributed by atoms with Gasteiger partial charge in [-0.15, -0.1) is 0 Å². The lowest BCUT2D eigenvalue weighted by Gasteiger charge is -2.32. The van der Waals surface area contributed by atoms with Gasteiger partial charge in [0.25, 0.3) is 5.69 Å². The Kier molecular flexibility index (Phi) is 7.38. The molecule has 0 radical (unpaired) electrons. The molecule has 1 atom stereocenters. The summed E-state index contributed by atoms with van der Waals surface area (Å²) in [7, 11) is -0.739. The van der Waals surface area contributed by atoms with Gasteiger partial charge in [-0.05, 0) is 30.2 Å². The van der Waals surface area contributed by atoms with Crippen molar-refractivity contribution in [3.05, 3.63) is 64.2 Å². The number of likely N-dealkylation sites (N-methyl/N-ethyl adjacent to an activating group) is 1. The van der Waals surface area contributed by atoms with E-state index in [1.54, 1.807) is 33.2 Å². The van der Waals surface area contributed by atoms with E-state index >= 15 is 0 Å². The Balaban J connectivity index is 2.34.